The minimum Gasteiger partial charge on any atom is -0.449 e. The van der Waals surface area contributed by atoms with Gasteiger partial charge in [0.2, 0.25) is 0 Å². The van der Waals surface area contributed by atoms with Crippen molar-refractivity contribution >= 4 is 16.1 Å². The van der Waals surface area contributed by atoms with Gasteiger partial charge in [-0.3, -0.25) is 4.18 Å². The van der Waals surface area contributed by atoms with Gasteiger partial charge in [0.05, 0.1) is 18.4 Å². The summed E-state index contributed by atoms with van der Waals surface area (Å²) in [6.07, 6.45) is -0.00527. The zero-order valence-corrected chi connectivity index (χ0v) is 12.3. The van der Waals surface area contributed by atoms with Gasteiger partial charge in [-0.1, -0.05) is 30.0 Å². The molecule has 0 aliphatic heterocycles. The molecule has 0 saturated heterocycles. The summed E-state index contributed by atoms with van der Waals surface area (Å²) in [7, 11) is -3.64. The van der Waals surface area contributed by atoms with Crippen molar-refractivity contribution in [3.8, 4) is 11.8 Å². The standard InChI is InChI=1S/C14H16O6S/c1-21(17,18)20-13(11-15)9-5-6-10-19-14(16)12-7-3-2-4-8-12/h2-4,7-8,13,15H,9-11H2,1H3. The van der Waals surface area contributed by atoms with Gasteiger partial charge in [0.15, 0.2) is 6.61 Å². The molecule has 0 aliphatic carbocycles. The number of aliphatic hydroxyl groups excluding tert-OH is 1. The quantitative estimate of drug-likeness (QED) is 0.469. The molecule has 114 valence electrons. The third kappa shape index (κ3) is 7.46. The van der Waals surface area contributed by atoms with Crippen LogP contribution in [0.4, 0.5) is 0 Å². The maximum atomic E-state index is 11.6. The Bertz CT molecular complexity index is 612. The summed E-state index contributed by atoms with van der Waals surface area (Å²) in [5, 5.41) is 8.94. The summed E-state index contributed by atoms with van der Waals surface area (Å²) in [5.41, 5.74) is 0.424. The second-order valence-corrected chi connectivity index (χ2v) is 5.71. The van der Waals surface area contributed by atoms with E-state index in [1.807, 2.05) is 0 Å². The van der Waals surface area contributed by atoms with E-state index in [9.17, 15) is 13.2 Å². The van der Waals surface area contributed by atoms with Gasteiger partial charge in [0.1, 0.15) is 6.10 Å². The summed E-state index contributed by atoms with van der Waals surface area (Å²) in [6.45, 7) is -0.587. The number of benzene rings is 1. The van der Waals surface area contributed by atoms with E-state index in [4.69, 9.17) is 9.84 Å². The minimum atomic E-state index is -3.64. The van der Waals surface area contributed by atoms with Gasteiger partial charge in [-0.2, -0.15) is 8.42 Å². The third-order valence-electron chi connectivity index (χ3n) is 2.25. The zero-order chi connectivity index (χ0) is 15.7. The van der Waals surface area contributed by atoms with Gasteiger partial charge in [-0.05, 0) is 12.1 Å². The Morgan fingerprint density at radius 3 is 2.52 bits per heavy atom. The van der Waals surface area contributed by atoms with Crippen molar-refractivity contribution < 1.29 is 27.2 Å². The number of carbonyl (C=O) groups excluding carboxylic acids is 1. The van der Waals surface area contributed by atoms with Crippen molar-refractivity contribution in [3.63, 3.8) is 0 Å². The van der Waals surface area contributed by atoms with Gasteiger partial charge < -0.3 is 9.84 Å². The van der Waals surface area contributed by atoms with E-state index in [0.717, 1.165) is 6.26 Å². The van der Waals surface area contributed by atoms with E-state index in [-0.39, 0.29) is 13.0 Å². The summed E-state index contributed by atoms with van der Waals surface area (Å²) in [4.78, 5) is 11.6. The average molecular weight is 312 g/mol. The second-order valence-electron chi connectivity index (χ2n) is 4.10. The van der Waals surface area contributed by atoms with Crippen LogP contribution >= 0.6 is 0 Å². The fourth-order valence-corrected chi connectivity index (χ4v) is 2.00. The van der Waals surface area contributed by atoms with E-state index in [0.29, 0.717) is 5.56 Å². The van der Waals surface area contributed by atoms with Crippen molar-refractivity contribution in [1.82, 2.24) is 0 Å². The number of ether oxygens (including phenoxy) is 1. The van der Waals surface area contributed by atoms with E-state index < -0.39 is 28.8 Å². The molecule has 1 aromatic rings. The smallest absolute Gasteiger partial charge is 0.339 e. The predicted octanol–water partition coefficient (Wildman–Crippen LogP) is 0.574. The lowest BCUT2D eigenvalue weighted by molar-refractivity contribution is 0.0556. The highest BCUT2D eigenvalue weighted by Gasteiger charge is 2.13. The molecule has 1 unspecified atom stereocenters. The lowest BCUT2D eigenvalue weighted by Gasteiger charge is -2.09. The first-order valence-corrected chi connectivity index (χ1v) is 7.91. The van der Waals surface area contributed by atoms with Crippen molar-refractivity contribution in [2.45, 2.75) is 12.5 Å². The summed E-state index contributed by atoms with van der Waals surface area (Å²) >= 11 is 0. The molecule has 0 aromatic heterocycles. The average Bonchev–Trinajstić information content (AvgIpc) is 2.45. The fraction of sp³-hybridized carbons (Fsp3) is 0.357. The van der Waals surface area contributed by atoms with Crippen molar-refractivity contribution in [2.24, 2.45) is 0 Å². The van der Waals surface area contributed by atoms with Gasteiger partial charge in [-0.25, -0.2) is 4.79 Å². The van der Waals surface area contributed by atoms with Crippen LogP contribution in [0.1, 0.15) is 16.8 Å². The highest BCUT2D eigenvalue weighted by Crippen LogP contribution is 2.02. The lowest BCUT2D eigenvalue weighted by atomic mass is 10.2. The minimum absolute atomic E-state index is 0.0203. The topological polar surface area (TPSA) is 89.9 Å². The first-order chi connectivity index (χ1) is 9.92. The van der Waals surface area contributed by atoms with E-state index in [2.05, 4.69) is 16.0 Å². The normalized spacial score (nSPS) is 12.1. The Morgan fingerprint density at radius 1 is 1.29 bits per heavy atom. The number of aliphatic hydroxyl groups is 1. The van der Waals surface area contributed by atoms with E-state index in [1.165, 1.54) is 0 Å². The number of carbonyl (C=O) groups is 1. The fourth-order valence-electron chi connectivity index (χ4n) is 1.37. The van der Waals surface area contributed by atoms with Crippen molar-refractivity contribution in [1.29, 1.82) is 0 Å². The molecule has 0 radical (unpaired) electrons. The van der Waals surface area contributed by atoms with Gasteiger partial charge in [-0.15, -0.1) is 0 Å². The molecule has 0 saturated carbocycles. The number of hydrogen-bond donors (Lipinski definition) is 1. The van der Waals surface area contributed by atoms with Crippen molar-refractivity contribution in [3.05, 3.63) is 35.9 Å². The van der Waals surface area contributed by atoms with Gasteiger partial charge in [0.25, 0.3) is 10.1 Å². The Morgan fingerprint density at radius 2 is 1.95 bits per heavy atom. The molecule has 0 aliphatic rings. The molecule has 1 aromatic carbocycles. The van der Waals surface area contributed by atoms with Crippen LogP contribution in [0, 0.1) is 11.8 Å². The van der Waals surface area contributed by atoms with Crippen LogP contribution in [0.3, 0.4) is 0 Å². The number of hydrogen-bond acceptors (Lipinski definition) is 6. The van der Waals surface area contributed by atoms with Crippen LogP contribution in [0.5, 0.6) is 0 Å². The van der Waals surface area contributed by atoms with Crippen LogP contribution in [-0.4, -0.2) is 45.1 Å². The van der Waals surface area contributed by atoms with Crippen LogP contribution < -0.4 is 0 Å². The highest BCUT2D eigenvalue weighted by molar-refractivity contribution is 7.86. The Kier molecular flexibility index (Phi) is 6.88. The molecule has 7 heteroatoms. The molecule has 1 atom stereocenters. The van der Waals surface area contributed by atoms with Gasteiger partial charge in [0, 0.05) is 6.42 Å². The number of rotatable bonds is 6. The molecule has 0 fully saturated rings. The maximum Gasteiger partial charge on any atom is 0.339 e. The third-order valence-corrected chi connectivity index (χ3v) is 2.88. The molecule has 1 rings (SSSR count). The monoisotopic (exact) mass is 312 g/mol. The summed E-state index contributed by atoms with van der Waals surface area (Å²) in [5.74, 6) is 4.66. The first kappa shape index (κ1) is 17.2. The number of esters is 1. The molecule has 21 heavy (non-hydrogen) atoms. The molecule has 0 amide bonds. The zero-order valence-electron chi connectivity index (χ0n) is 11.5. The molecule has 1 N–H and O–H groups in total. The predicted molar refractivity (Wildman–Crippen MR) is 75.9 cm³/mol. The molecule has 6 nitrogen and oxygen atoms in total. The van der Waals surface area contributed by atoms with Crippen LogP contribution in [0.25, 0.3) is 0 Å². The maximum absolute atomic E-state index is 11.6. The largest absolute Gasteiger partial charge is 0.449 e. The Labute approximate surface area is 123 Å². The Balaban J connectivity index is 2.38. The molecular weight excluding hydrogens is 296 g/mol. The summed E-state index contributed by atoms with van der Waals surface area (Å²) in [6, 6.07) is 8.47. The first-order valence-electron chi connectivity index (χ1n) is 6.09. The molecule has 0 heterocycles. The molecule has 0 bridgehead atoms. The second kappa shape index (κ2) is 8.42. The molecule has 0 spiro atoms. The van der Waals surface area contributed by atoms with Crippen LogP contribution in [0.15, 0.2) is 30.3 Å². The van der Waals surface area contributed by atoms with Crippen LogP contribution in [-0.2, 0) is 19.0 Å². The van der Waals surface area contributed by atoms with E-state index in [1.54, 1.807) is 30.3 Å². The lowest BCUT2D eigenvalue weighted by Crippen LogP contribution is -2.20. The summed E-state index contributed by atoms with van der Waals surface area (Å²) < 4.78 is 31.3. The molecular formula is C14H16O6S. The Hall–Kier alpha value is -1.88. The SMILES string of the molecule is CS(=O)(=O)OC(CO)CC#CCOC(=O)c1ccccc1. The van der Waals surface area contributed by atoms with Crippen molar-refractivity contribution in [2.75, 3.05) is 19.5 Å². The van der Waals surface area contributed by atoms with E-state index >= 15 is 0 Å². The van der Waals surface area contributed by atoms with Crippen LogP contribution in [0.2, 0.25) is 0 Å². The highest BCUT2D eigenvalue weighted by atomic mass is 32.2. The van der Waals surface area contributed by atoms with Gasteiger partial charge >= 0.3 is 5.97 Å².